The van der Waals surface area contributed by atoms with Gasteiger partial charge in [-0.1, -0.05) is 27.2 Å². The summed E-state index contributed by atoms with van der Waals surface area (Å²) in [4.78, 5) is 2.23. The molecular formula is C11H24N2S. The predicted molar refractivity (Wildman–Crippen MR) is 67.6 cm³/mol. The summed E-state index contributed by atoms with van der Waals surface area (Å²) in [7, 11) is 0. The Morgan fingerprint density at radius 3 is 2.43 bits per heavy atom. The van der Waals surface area contributed by atoms with Crippen molar-refractivity contribution >= 4 is 17.3 Å². The average Bonchev–Trinajstić information content (AvgIpc) is 2.14. The van der Waals surface area contributed by atoms with Gasteiger partial charge in [0.2, 0.25) is 0 Å². The summed E-state index contributed by atoms with van der Waals surface area (Å²) in [5, 5.41) is 4.21. The fraction of sp³-hybridized carbons (Fsp3) is 0.909. The van der Waals surface area contributed by atoms with E-state index in [1.54, 1.807) is 0 Å². The first kappa shape index (κ1) is 13.7. The van der Waals surface area contributed by atoms with Crippen molar-refractivity contribution < 1.29 is 0 Å². The molecule has 0 aliphatic carbocycles. The van der Waals surface area contributed by atoms with E-state index in [4.69, 9.17) is 12.2 Å². The second kappa shape index (κ2) is 8.04. The van der Waals surface area contributed by atoms with E-state index in [9.17, 15) is 0 Å². The number of nitrogens with one attached hydrogen (secondary N) is 1. The van der Waals surface area contributed by atoms with Gasteiger partial charge in [0, 0.05) is 19.6 Å². The van der Waals surface area contributed by atoms with E-state index in [0.29, 0.717) is 5.92 Å². The predicted octanol–water partition coefficient (Wildman–Crippen LogP) is 2.64. The van der Waals surface area contributed by atoms with Crippen LogP contribution in [0, 0.1) is 5.92 Å². The van der Waals surface area contributed by atoms with Gasteiger partial charge < -0.3 is 10.2 Å². The molecule has 14 heavy (non-hydrogen) atoms. The molecule has 0 bridgehead atoms. The molecule has 0 saturated heterocycles. The lowest BCUT2D eigenvalue weighted by Gasteiger charge is -2.26. The highest BCUT2D eigenvalue weighted by atomic mass is 32.1. The molecule has 0 aromatic heterocycles. The SMILES string of the molecule is CCCCNC(=S)N(CC)CC(C)C. The van der Waals surface area contributed by atoms with Gasteiger partial charge >= 0.3 is 0 Å². The highest BCUT2D eigenvalue weighted by molar-refractivity contribution is 7.80. The number of unbranched alkanes of at least 4 members (excludes halogenated alkanes) is 1. The summed E-state index contributed by atoms with van der Waals surface area (Å²) in [6.07, 6.45) is 2.41. The molecule has 2 nitrogen and oxygen atoms in total. The number of hydrogen-bond acceptors (Lipinski definition) is 1. The molecule has 0 amide bonds. The molecule has 0 aliphatic rings. The fourth-order valence-electron chi connectivity index (χ4n) is 1.28. The molecule has 3 heteroatoms. The highest BCUT2D eigenvalue weighted by Crippen LogP contribution is 1.99. The van der Waals surface area contributed by atoms with E-state index in [-0.39, 0.29) is 0 Å². The van der Waals surface area contributed by atoms with Crippen LogP contribution in [0.3, 0.4) is 0 Å². The number of nitrogens with zero attached hydrogens (tertiary/aromatic N) is 1. The highest BCUT2D eigenvalue weighted by Gasteiger charge is 2.07. The minimum absolute atomic E-state index is 0.667. The van der Waals surface area contributed by atoms with E-state index in [1.807, 2.05) is 0 Å². The Balaban J connectivity index is 3.79. The maximum atomic E-state index is 5.32. The molecule has 84 valence electrons. The van der Waals surface area contributed by atoms with Crippen molar-refractivity contribution in [2.24, 2.45) is 5.92 Å². The zero-order valence-corrected chi connectivity index (χ0v) is 10.8. The van der Waals surface area contributed by atoms with Gasteiger partial charge in [-0.2, -0.15) is 0 Å². The Kier molecular flexibility index (Phi) is 7.86. The van der Waals surface area contributed by atoms with Crippen molar-refractivity contribution in [3.8, 4) is 0 Å². The summed E-state index contributed by atoms with van der Waals surface area (Å²) in [6.45, 7) is 11.8. The van der Waals surface area contributed by atoms with Crippen LogP contribution in [0.15, 0.2) is 0 Å². The molecule has 0 aliphatic heterocycles. The first-order valence-corrected chi connectivity index (χ1v) is 6.05. The second-order valence-electron chi connectivity index (χ2n) is 4.02. The zero-order valence-electron chi connectivity index (χ0n) is 9.97. The van der Waals surface area contributed by atoms with E-state index in [2.05, 4.69) is 37.9 Å². The Morgan fingerprint density at radius 2 is 2.00 bits per heavy atom. The van der Waals surface area contributed by atoms with E-state index in [0.717, 1.165) is 24.7 Å². The zero-order chi connectivity index (χ0) is 11.0. The van der Waals surface area contributed by atoms with Gasteiger partial charge in [-0.25, -0.2) is 0 Å². The monoisotopic (exact) mass is 216 g/mol. The quantitative estimate of drug-likeness (QED) is 0.543. The van der Waals surface area contributed by atoms with Crippen LogP contribution >= 0.6 is 12.2 Å². The van der Waals surface area contributed by atoms with Crippen LogP contribution in [0.25, 0.3) is 0 Å². The molecule has 0 unspecified atom stereocenters. The van der Waals surface area contributed by atoms with E-state index in [1.165, 1.54) is 12.8 Å². The Labute approximate surface area is 94.1 Å². The van der Waals surface area contributed by atoms with Gasteiger partial charge in [-0.15, -0.1) is 0 Å². The standard InChI is InChI=1S/C11H24N2S/c1-5-7-8-12-11(14)13(6-2)9-10(3)4/h10H,5-9H2,1-4H3,(H,12,14). The Bertz CT molecular complexity index is 157. The largest absolute Gasteiger partial charge is 0.363 e. The van der Waals surface area contributed by atoms with Crippen molar-refractivity contribution in [1.29, 1.82) is 0 Å². The summed E-state index contributed by atoms with van der Waals surface area (Å²) in [6, 6.07) is 0. The van der Waals surface area contributed by atoms with Gasteiger partial charge in [0.05, 0.1) is 0 Å². The molecule has 0 fully saturated rings. The smallest absolute Gasteiger partial charge is 0.168 e. The lowest BCUT2D eigenvalue weighted by molar-refractivity contribution is 0.375. The second-order valence-corrected chi connectivity index (χ2v) is 4.40. The molecule has 0 aromatic carbocycles. The normalized spacial score (nSPS) is 10.4. The van der Waals surface area contributed by atoms with Gasteiger partial charge in [0.15, 0.2) is 5.11 Å². The number of rotatable bonds is 6. The van der Waals surface area contributed by atoms with Crippen molar-refractivity contribution in [1.82, 2.24) is 10.2 Å². The van der Waals surface area contributed by atoms with Crippen molar-refractivity contribution in [3.63, 3.8) is 0 Å². The average molecular weight is 216 g/mol. The minimum atomic E-state index is 0.667. The third-order valence-electron chi connectivity index (χ3n) is 2.06. The van der Waals surface area contributed by atoms with Crippen molar-refractivity contribution in [2.45, 2.75) is 40.5 Å². The molecule has 0 saturated carbocycles. The van der Waals surface area contributed by atoms with Crippen molar-refractivity contribution in [2.75, 3.05) is 19.6 Å². The van der Waals surface area contributed by atoms with Crippen molar-refractivity contribution in [3.05, 3.63) is 0 Å². The van der Waals surface area contributed by atoms with E-state index < -0.39 is 0 Å². The molecule has 0 atom stereocenters. The van der Waals surface area contributed by atoms with Crippen LogP contribution in [0.1, 0.15) is 40.5 Å². The Morgan fingerprint density at radius 1 is 1.36 bits per heavy atom. The van der Waals surface area contributed by atoms with Crippen LogP contribution < -0.4 is 5.32 Å². The maximum absolute atomic E-state index is 5.32. The van der Waals surface area contributed by atoms with Crippen LogP contribution in [-0.4, -0.2) is 29.6 Å². The van der Waals surface area contributed by atoms with E-state index >= 15 is 0 Å². The number of hydrogen-bond donors (Lipinski definition) is 1. The fourth-order valence-corrected chi connectivity index (χ4v) is 1.59. The third-order valence-corrected chi connectivity index (χ3v) is 2.46. The number of thiocarbonyl (C=S) groups is 1. The first-order valence-electron chi connectivity index (χ1n) is 5.64. The Hall–Kier alpha value is -0.310. The molecule has 0 radical (unpaired) electrons. The van der Waals surface area contributed by atoms with Gasteiger partial charge in [-0.3, -0.25) is 0 Å². The van der Waals surface area contributed by atoms with Crippen LogP contribution in [-0.2, 0) is 0 Å². The minimum Gasteiger partial charge on any atom is -0.363 e. The molecule has 0 spiro atoms. The molecule has 1 N–H and O–H groups in total. The summed E-state index contributed by atoms with van der Waals surface area (Å²) in [5.74, 6) is 0.667. The summed E-state index contributed by atoms with van der Waals surface area (Å²) in [5.41, 5.74) is 0. The molecule has 0 aromatic rings. The third kappa shape index (κ3) is 6.19. The van der Waals surface area contributed by atoms with Crippen LogP contribution in [0.4, 0.5) is 0 Å². The van der Waals surface area contributed by atoms with Crippen LogP contribution in [0.5, 0.6) is 0 Å². The van der Waals surface area contributed by atoms with Gasteiger partial charge in [0.25, 0.3) is 0 Å². The first-order chi connectivity index (χ1) is 6.61. The molecular weight excluding hydrogens is 192 g/mol. The van der Waals surface area contributed by atoms with Crippen LogP contribution in [0.2, 0.25) is 0 Å². The summed E-state index contributed by atoms with van der Waals surface area (Å²) < 4.78 is 0. The topological polar surface area (TPSA) is 15.3 Å². The lowest BCUT2D eigenvalue weighted by Crippen LogP contribution is -2.41. The lowest BCUT2D eigenvalue weighted by atomic mass is 10.2. The van der Waals surface area contributed by atoms with Gasteiger partial charge in [0.1, 0.15) is 0 Å². The van der Waals surface area contributed by atoms with Gasteiger partial charge in [-0.05, 0) is 31.5 Å². The molecule has 0 heterocycles. The molecule has 0 rings (SSSR count). The maximum Gasteiger partial charge on any atom is 0.168 e. The summed E-state index contributed by atoms with van der Waals surface area (Å²) >= 11 is 5.32.